The van der Waals surface area contributed by atoms with Gasteiger partial charge in [-0.05, 0) is 30.0 Å². The van der Waals surface area contributed by atoms with Crippen molar-refractivity contribution >= 4 is 5.78 Å². The van der Waals surface area contributed by atoms with Crippen molar-refractivity contribution in [2.24, 2.45) is 5.92 Å². The van der Waals surface area contributed by atoms with E-state index in [-0.39, 0.29) is 0 Å². The summed E-state index contributed by atoms with van der Waals surface area (Å²) in [6.45, 7) is 4.28. The van der Waals surface area contributed by atoms with Gasteiger partial charge in [0.25, 0.3) is 0 Å². The second-order valence-corrected chi connectivity index (χ2v) is 4.50. The van der Waals surface area contributed by atoms with Crippen LogP contribution in [0.2, 0.25) is 0 Å². The molecule has 2 nitrogen and oxygen atoms in total. The van der Waals surface area contributed by atoms with Crippen LogP contribution >= 0.6 is 0 Å². The molecule has 88 valence electrons. The molecule has 0 aliphatic rings. The fourth-order valence-corrected chi connectivity index (χ4v) is 1.51. The Labute approximate surface area is 97.6 Å². The fraction of sp³-hybridized carbons (Fsp3) is 0.500. The number of carbonyl (C=O) groups is 1. The first-order valence-electron chi connectivity index (χ1n) is 5.76. The third-order valence-electron chi connectivity index (χ3n) is 2.56. The monoisotopic (exact) mass is 220 g/mol. The molecule has 0 atom stereocenters. The highest BCUT2D eigenvalue weighted by atomic mass is 16.5. The number of benzene rings is 1. The van der Waals surface area contributed by atoms with E-state index in [1.807, 2.05) is 24.3 Å². The maximum atomic E-state index is 11.6. The smallest absolute Gasteiger partial charge is 0.137 e. The van der Waals surface area contributed by atoms with Crippen LogP contribution < -0.4 is 4.74 Å². The van der Waals surface area contributed by atoms with Gasteiger partial charge in [-0.2, -0.15) is 0 Å². The largest absolute Gasteiger partial charge is 0.497 e. The molecule has 0 aliphatic carbocycles. The topological polar surface area (TPSA) is 26.3 Å². The van der Waals surface area contributed by atoms with Crippen molar-refractivity contribution in [2.45, 2.75) is 33.1 Å². The molecule has 0 bridgehead atoms. The second-order valence-electron chi connectivity index (χ2n) is 4.50. The van der Waals surface area contributed by atoms with E-state index in [9.17, 15) is 4.79 Å². The van der Waals surface area contributed by atoms with Gasteiger partial charge in [-0.1, -0.05) is 26.0 Å². The average Bonchev–Trinajstić information content (AvgIpc) is 2.27. The molecule has 1 aromatic carbocycles. The Morgan fingerprint density at radius 3 is 2.38 bits per heavy atom. The van der Waals surface area contributed by atoms with Gasteiger partial charge in [0, 0.05) is 12.8 Å². The third-order valence-corrected chi connectivity index (χ3v) is 2.56. The normalized spacial score (nSPS) is 10.5. The summed E-state index contributed by atoms with van der Waals surface area (Å²) in [6.07, 6.45) is 2.20. The minimum Gasteiger partial charge on any atom is -0.497 e. The van der Waals surface area contributed by atoms with Crippen LogP contribution in [0.4, 0.5) is 0 Å². The van der Waals surface area contributed by atoms with Gasteiger partial charge < -0.3 is 4.74 Å². The minimum atomic E-state index is 0.318. The Hall–Kier alpha value is -1.31. The molecular formula is C14H20O2. The van der Waals surface area contributed by atoms with E-state index in [1.165, 1.54) is 0 Å². The van der Waals surface area contributed by atoms with E-state index in [2.05, 4.69) is 13.8 Å². The van der Waals surface area contributed by atoms with Crippen LogP contribution in [0.25, 0.3) is 0 Å². The van der Waals surface area contributed by atoms with Gasteiger partial charge in [-0.25, -0.2) is 0 Å². The van der Waals surface area contributed by atoms with Gasteiger partial charge in [0.15, 0.2) is 0 Å². The lowest BCUT2D eigenvalue weighted by Gasteiger charge is -2.05. The molecule has 0 saturated heterocycles. The lowest BCUT2D eigenvalue weighted by molar-refractivity contribution is -0.118. The minimum absolute atomic E-state index is 0.318. The predicted octanol–water partition coefficient (Wildman–Crippen LogP) is 3.24. The first-order chi connectivity index (χ1) is 7.61. The molecule has 16 heavy (non-hydrogen) atoms. The van der Waals surface area contributed by atoms with Crippen LogP contribution in [-0.4, -0.2) is 12.9 Å². The molecule has 1 aromatic rings. The predicted molar refractivity (Wildman–Crippen MR) is 65.8 cm³/mol. The Morgan fingerprint density at radius 2 is 1.88 bits per heavy atom. The average molecular weight is 220 g/mol. The highest BCUT2D eigenvalue weighted by Gasteiger charge is 2.05. The van der Waals surface area contributed by atoms with Crippen molar-refractivity contribution in [1.29, 1.82) is 0 Å². The first kappa shape index (κ1) is 12.8. The van der Waals surface area contributed by atoms with Crippen LogP contribution in [-0.2, 0) is 11.2 Å². The van der Waals surface area contributed by atoms with Crippen LogP contribution in [0, 0.1) is 5.92 Å². The highest BCUT2D eigenvalue weighted by Crippen LogP contribution is 2.13. The fourth-order valence-electron chi connectivity index (χ4n) is 1.51. The van der Waals surface area contributed by atoms with E-state index in [4.69, 9.17) is 4.74 Å². The molecule has 0 aliphatic heterocycles. The van der Waals surface area contributed by atoms with Crippen LogP contribution in [0.5, 0.6) is 5.75 Å². The summed E-state index contributed by atoms with van der Waals surface area (Å²) in [7, 11) is 1.64. The standard InChI is InChI=1S/C14H20O2/c1-11(2)4-7-13(15)10-12-5-8-14(16-3)9-6-12/h5-6,8-9,11H,4,7,10H2,1-3H3. The van der Waals surface area contributed by atoms with Gasteiger partial charge in [0.1, 0.15) is 11.5 Å². The molecule has 0 N–H and O–H groups in total. The zero-order valence-electron chi connectivity index (χ0n) is 10.3. The molecule has 0 saturated carbocycles. The van der Waals surface area contributed by atoms with Crippen molar-refractivity contribution in [3.8, 4) is 5.75 Å². The molecule has 0 aromatic heterocycles. The van der Waals surface area contributed by atoms with E-state index in [0.29, 0.717) is 24.5 Å². The molecule has 0 heterocycles. The molecule has 2 heteroatoms. The number of carbonyl (C=O) groups excluding carboxylic acids is 1. The number of methoxy groups -OCH3 is 1. The van der Waals surface area contributed by atoms with Crippen molar-refractivity contribution in [3.63, 3.8) is 0 Å². The van der Waals surface area contributed by atoms with Crippen LogP contribution in [0.1, 0.15) is 32.3 Å². The van der Waals surface area contributed by atoms with Gasteiger partial charge in [0.05, 0.1) is 7.11 Å². The van der Waals surface area contributed by atoms with Crippen LogP contribution in [0.15, 0.2) is 24.3 Å². The van der Waals surface area contributed by atoms with Gasteiger partial charge >= 0.3 is 0 Å². The molecule has 0 unspecified atom stereocenters. The van der Waals surface area contributed by atoms with E-state index < -0.39 is 0 Å². The number of rotatable bonds is 6. The second kappa shape index (κ2) is 6.31. The van der Waals surface area contributed by atoms with Gasteiger partial charge in [-0.15, -0.1) is 0 Å². The molecule has 0 fully saturated rings. The van der Waals surface area contributed by atoms with Crippen molar-refractivity contribution in [3.05, 3.63) is 29.8 Å². The summed E-state index contributed by atoms with van der Waals surface area (Å²) < 4.78 is 5.07. The van der Waals surface area contributed by atoms with Crippen LogP contribution in [0.3, 0.4) is 0 Å². The molecular weight excluding hydrogens is 200 g/mol. The number of hydrogen-bond acceptors (Lipinski definition) is 2. The van der Waals surface area contributed by atoms with E-state index >= 15 is 0 Å². The Bertz CT molecular complexity index is 325. The Morgan fingerprint density at radius 1 is 1.25 bits per heavy atom. The highest BCUT2D eigenvalue weighted by molar-refractivity contribution is 5.80. The van der Waals surface area contributed by atoms with E-state index in [1.54, 1.807) is 7.11 Å². The van der Waals surface area contributed by atoms with Gasteiger partial charge in [-0.3, -0.25) is 4.79 Å². The zero-order valence-corrected chi connectivity index (χ0v) is 10.3. The van der Waals surface area contributed by atoms with Crippen molar-refractivity contribution < 1.29 is 9.53 Å². The van der Waals surface area contributed by atoms with Crippen molar-refractivity contribution in [1.82, 2.24) is 0 Å². The Balaban J connectivity index is 2.43. The summed E-state index contributed by atoms with van der Waals surface area (Å²) in [5, 5.41) is 0. The maximum absolute atomic E-state index is 11.6. The third kappa shape index (κ3) is 4.47. The number of ketones is 1. The Kier molecular flexibility index (Phi) is 5.03. The number of ether oxygens (including phenoxy) is 1. The molecule has 0 radical (unpaired) electrons. The first-order valence-corrected chi connectivity index (χ1v) is 5.76. The molecule has 0 amide bonds. The lowest BCUT2D eigenvalue weighted by Crippen LogP contribution is -2.04. The summed E-state index contributed by atoms with van der Waals surface area (Å²) in [6, 6.07) is 7.69. The quantitative estimate of drug-likeness (QED) is 0.735. The van der Waals surface area contributed by atoms with Gasteiger partial charge in [0.2, 0.25) is 0 Å². The SMILES string of the molecule is COc1ccc(CC(=O)CCC(C)C)cc1. The molecule has 0 spiro atoms. The summed E-state index contributed by atoms with van der Waals surface area (Å²) in [5.41, 5.74) is 1.06. The summed E-state index contributed by atoms with van der Waals surface area (Å²) >= 11 is 0. The molecule has 1 rings (SSSR count). The summed E-state index contributed by atoms with van der Waals surface area (Å²) in [5.74, 6) is 1.75. The maximum Gasteiger partial charge on any atom is 0.137 e. The lowest BCUT2D eigenvalue weighted by atomic mass is 10.0. The van der Waals surface area contributed by atoms with Crippen molar-refractivity contribution in [2.75, 3.05) is 7.11 Å². The number of hydrogen-bond donors (Lipinski definition) is 0. The summed E-state index contributed by atoms with van der Waals surface area (Å²) in [4.78, 5) is 11.6. The number of Topliss-reactive ketones (excluding diaryl/α,β-unsaturated/α-hetero) is 1. The zero-order chi connectivity index (χ0) is 12.0. The van der Waals surface area contributed by atoms with E-state index in [0.717, 1.165) is 17.7 Å².